The lowest BCUT2D eigenvalue weighted by atomic mass is 10.1. The van der Waals surface area contributed by atoms with Gasteiger partial charge in [0.25, 0.3) is 0 Å². The van der Waals surface area contributed by atoms with Crippen LogP contribution in [0.3, 0.4) is 0 Å². The van der Waals surface area contributed by atoms with E-state index in [-0.39, 0.29) is 11.9 Å². The summed E-state index contributed by atoms with van der Waals surface area (Å²) in [6.07, 6.45) is 0. The molecule has 0 aromatic heterocycles. The third-order valence-electron chi connectivity index (χ3n) is 5.05. The van der Waals surface area contributed by atoms with Crippen molar-refractivity contribution in [1.29, 1.82) is 0 Å². The van der Waals surface area contributed by atoms with Gasteiger partial charge in [-0.3, -0.25) is 9.69 Å². The van der Waals surface area contributed by atoms with E-state index in [2.05, 4.69) is 17.0 Å². The molecule has 27 heavy (non-hydrogen) atoms. The first-order chi connectivity index (χ1) is 13.1. The molecule has 1 amide bonds. The summed E-state index contributed by atoms with van der Waals surface area (Å²) < 4.78 is 11.3. The lowest BCUT2D eigenvalue weighted by Crippen LogP contribution is -2.56. The van der Waals surface area contributed by atoms with Crippen molar-refractivity contribution in [2.75, 3.05) is 33.4 Å². The average molecular weight is 368 g/mol. The molecule has 3 rings (SSSR count). The molecule has 1 fully saturated rings. The average Bonchev–Trinajstić information content (AvgIpc) is 2.69. The van der Waals surface area contributed by atoms with Gasteiger partial charge >= 0.3 is 0 Å². The van der Waals surface area contributed by atoms with E-state index in [4.69, 9.17) is 9.47 Å². The molecule has 0 saturated carbocycles. The van der Waals surface area contributed by atoms with Crippen molar-refractivity contribution in [2.45, 2.75) is 26.4 Å². The minimum Gasteiger partial charge on any atom is -0.493 e. The largest absolute Gasteiger partial charge is 0.493 e. The standard InChI is InChI=1S/C22H28N2O3/c1-17-9-10-20(21(15-17)26-3)27-14-13-23-11-12-24(22(25)18(23)2)16-19-7-5-4-6-8-19/h4-10,15,18H,11-14,16H2,1-3H3/t18-/m1/s1. The Morgan fingerprint density at radius 2 is 1.85 bits per heavy atom. The molecule has 5 nitrogen and oxygen atoms in total. The molecule has 1 atom stereocenters. The SMILES string of the molecule is COc1cc(C)ccc1OCCN1CCN(Cc2ccccc2)C(=O)[C@H]1C. The maximum atomic E-state index is 12.7. The van der Waals surface area contributed by atoms with Crippen molar-refractivity contribution in [3.63, 3.8) is 0 Å². The van der Waals surface area contributed by atoms with Crippen LogP contribution in [0, 0.1) is 6.92 Å². The molecule has 5 heteroatoms. The van der Waals surface area contributed by atoms with Gasteiger partial charge in [0.05, 0.1) is 13.2 Å². The summed E-state index contributed by atoms with van der Waals surface area (Å²) in [4.78, 5) is 16.9. The molecule has 144 valence electrons. The van der Waals surface area contributed by atoms with E-state index < -0.39 is 0 Å². The Hall–Kier alpha value is -2.53. The van der Waals surface area contributed by atoms with E-state index in [1.54, 1.807) is 7.11 Å². The van der Waals surface area contributed by atoms with E-state index in [0.717, 1.165) is 30.2 Å². The third-order valence-corrected chi connectivity index (χ3v) is 5.05. The van der Waals surface area contributed by atoms with Gasteiger partial charge in [0, 0.05) is 26.2 Å². The number of piperazine rings is 1. The first kappa shape index (κ1) is 19.2. The van der Waals surface area contributed by atoms with E-state index >= 15 is 0 Å². The van der Waals surface area contributed by atoms with Crippen LogP contribution in [0.4, 0.5) is 0 Å². The van der Waals surface area contributed by atoms with E-state index in [1.165, 1.54) is 5.56 Å². The smallest absolute Gasteiger partial charge is 0.239 e. The minimum absolute atomic E-state index is 0.133. The number of ether oxygens (including phenoxy) is 2. The fraction of sp³-hybridized carbons (Fsp3) is 0.409. The molecule has 2 aromatic rings. The summed E-state index contributed by atoms with van der Waals surface area (Å²) in [5.41, 5.74) is 2.30. The van der Waals surface area contributed by atoms with Gasteiger partial charge in [-0.2, -0.15) is 0 Å². The van der Waals surface area contributed by atoms with Gasteiger partial charge in [0.1, 0.15) is 6.61 Å². The number of nitrogens with zero attached hydrogens (tertiary/aromatic N) is 2. The highest BCUT2D eigenvalue weighted by molar-refractivity contribution is 5.82. The summed E-state index contributed by atoms with van der Waals surface area (Å²) in [7, 11) is 1.65. The number of rotatable bonds is 7. The maximum absolute atomic E-state index is 12.7. The van der Waals surface area contributed by atoms with Crippen molar-refractivity contribution >= 4 is 5.91 Å². The molecule has 0 radical (unpaired) electrons. The van der Waals surface area contributed by atoms with Crippen LogP contribution in [0.2, 0.25) is 0 Å². The number of carbonyl (C=O) groups is 1. The first-order valence-electron chi connectivity index (χ1n) is 9.42. The summed E-state index contributed by atoms with van der Waals surface area (Å²) in [5, 5.41) is 0. The third kappa shape index (κ3) is 4.80. The monoisotopic (exact) mass is 368 g/mol. The van der Waals surface area contributed by atoms with E-state index in [0.29, 0.717) is 19.7 Å². The Bertz CT molecular complexity index is 763. The van der Waals surface area contributed by atoms with Gasteiger partial charge in [-0.05, 0) is 37.1 Å². The molecule has 1 heterocycles. The molecule has 0 bridgehead atoms. The number of hydrogen-bond donors (Lipinski definition) is 0. The highest BCUT2D eigenvalue weighted by atomic mass is 16.5. The van der Waals surface area contributed by atoms with Crippen molar-refractivity contribution < 1.29 is 14.3 Å². The molecular formula is C22H28N2O3. The van der Waals surface area contributed by atoms with Crippen LogP contribution in [0.15, 0.2) is 48.5 Å². The first-order valence-corrected chi connectivity index (χ1v) is 9.42. The second-order valence-corrected chi connectivity index (χ2v) is 6.96. The topological polar surface area (TPSA) is 42.0 Å². The predicted octanol–water partition coefficient (Wildman–Crippen LogP) is 3.12. The van der Waals surface area contributed by atoms with E-state index in [9.17, 15) is 4.79 Å². The molecule has 2 aromatic carbocycles. The van der Waals surface area contributed by atoms with Crippen LogP contribution in [0.5, 0.6) is 11.5 Å². The number of methoxy groups -OCH3 is 1. The van der Waals surface area contributed by atoms with Crippen molar-refractivity contribution in [2.24, 2.45) is 0 Å². The molecule has 1 aliphatic heterocycles. The molecule has 1 aliphatic rings. The molecule has 0 unspecified atom stereocenters. The van der Waals surface area contributed by atoms with Crippen molar-refractivity contribution in [3.05, 3.63) is 59.7 Å². The Labute approximate surface area is 161 Å². The quantitative estimate of drug-likeness (QED) is 0.753. The molecular weight excluding hydrogens is 340 g/mol. The van der Waals surface area contributed by atoms with Crippen LogP contribution >= 0.6 is 0 Å². The van der Waals surface area contributed by atoms with E-state index in [1.807, 2.05) is 55.1 Å². The van der Waals surface area contributed by atoms with Gasteiger partial charge in [0.2, 0.25) is 5.91 Å². The Balaban J connectivity index is 1.52. The summed E-state index contributed by atoms with van der Waals surface area (Å²) in [6.45, 7) is 7.51. The number of aryl methyl sites for hydroxylation is 1. The summed E-state index contributed by atoms with van der Waals surface area (Å²) in [5.74, 6) is 1.66. The normalized spacial score (nSPS) is 17.8. The van der Waals surface area contributed by atoms with Crippen LogP contribution in [0.1, 0.15) is 18.1 Å². The van der Waals surface area contributed by atoms with Gasteiger partial charge in [-0.1, -0.05) is 36.4 Å². The zero-order valence-electron chi connectivity index (χ0n) is 16.4. The van der Waals surface area contributed by atoms with Crippen LogP contribution < -0.4 is 9.47 Å². The Morgan fingerprint density at radius 1 is 1.07 bits per heavy atom. The van der Waals surface area contributed by atoms with Gasteiger partial charge in [-0.25, -0.2) is 0 Å². The zero-order chi connectivity index (χ0) is 19.2. The molecule has 0 N–H and O–H groups in total. The fourth-order valence-corrected chi connectivity index (χ4v) is 3.41. The highest BCUT2D eigenvalue weighted by Crippen LogP contribution is 2.27. The molecule has 1 saturated heterocycles. The predicted molar refractivity (Wildman–Crippen MR) is 106 cm³/mol. The maximum Gasteiger partial charge on any atom is 0.239 e. The second kappa shape index (κ2) is 8.91. The van der Waals surface area contributed by atoms with Crippen molar-refractivity contribution in [1.82, 2.24) is 9.80 Å². The van der Waals surface area contributed by atoms with Crippen molar-refractivity contribution in [3.8, 4) is 11.5 Å². The lowest BCUT2D eigenvalue weighted by Gasteiger charge is -2.39. The molecule has 0 aliphatic carbocycles. The van der Waals surface area contributed by atoms with Crippen LogP contribution in [-0.2, 0) is 11.3 Å². The number of benzene rings is 2. The lowest BCUT2D eigenvalue weighted by molar-refractivity contribution is -0.141. The highest BCUT2D eigenvalue weighted by Gasteiger charge is 2.31. The summed E-state index contributed by atoms with van der Waals surface area (Å²) in [6, 6.07) is 15.9. The van der Waals surface area contributed by atoms with Gasteiger partial charge < -0.3 is 14.4 Å². The minimum atomic E-state index is -0.133. The zero-order valence-corrected chi connectivity index (χ0v) is 16.4. The second-order valence-electron chi connectivity index (χ2n) is 6.96. The molecule has 0 spiro atoms. The number of hydrogen-bond acceptors (Lipinski definition) is 4. The number of amides is 1. The Morgan fingerprint density at radius 3 is 2.59 bits per heavy atom. The van der Waals surface area contributed by atoms with Gasteiger partial charge in [-0.15, -0.1) is 0 Å². The van der Waals surface area contributed by atoms with Gasteiger partial charge in [0.15, 0.2) is 11.5 Å². The van der Waals surface area contributed by atoms with Crippen LogP contribution in [-0.4, -0.2) is 55.1 Å². The van der Waals surface area contributed by atoms with Crippen LogP contribution in [0.25, 0.3) is 0 Å². The Kier molecular flexibility index (Phi) is 6.35. The fourth-order valence-electron chi connectivity index (χ4n) is 3.41. The summed E-state index contributed by atoms with van der Waals surface area (Å²) >= 11 is 0. The number of carbonyl (C=O) groups excluding carboxylic acids is 1.